The molecular weight excluding hydrogens is 457 g/mol. The van der Waals surface area contributed by atoms with Crippen molar-refractivity contribution < 1.29 is 18.4 Å². The first-order valence-electron chi connectivity index (χ1n) is 12.3. The summed E-state index contributed by atoms with van der Waals surface area (Å²) < 4.78 is 19.2. The number of nitrogens with one attached hydrogen (secondary N) is 1. The second-order valence-corrected chi connectivity index (χ2v) is 9.33. The zero-order valence-corrected chi connectivity index (χ0v) is 20.1. The van der Waals surface area contributed by atoms with Crippen LogP contribution in [0.1, 0.15) is 35.7 Å². The van der Waals surface area contributed by atoms with Gasteiger partial charge in [-0.2, -0.15) is 0 Å². The minimum Gasteiger partial charge on any atom is -0.436 e. The topological polar surface area (TPSA) is 75.4 Å². The first kappa shape index (κ1) is 23.7. The Hall–Kier alpha value is -4.00. The molecule has 0 unspecified atom stereocenters. The van der Waals surface area contributed by atoms with Gasteiger partial charge in [-0.3, -0.25) is 9.59 Å². The third kappa shape index (κ3) is 5.15. The van der Waals surface area contributed by atoms with Gasteiger partial charge in [0.25, 0.3) is 5.91 Å². The minimum absolute atomic E-state index is 0.0391. The highest BCUT2D eigenvalue weighted by atomic mass is 19.1. The summed E-state index contributed by atoms with van der Waals surface area (Å²) in [6.45, 7) is 3.41. The molecule has 0 aliphatic carbocycles. The molecule has 2 amide bonds. The number of fused-ring (bicyclic) bond motifs is 1. The van der Waals surface area contributed by atoms with Crippen LogP contribution in [0.4, 0.5) is 4.39 Å². The number of nitrogens with zero attached hydrogens (tertiary/aromatic N) is 2. The minimum atomic E-state index is -0.314. The zero-order chi connectivity index (χ0) is 25.1. The SMILES string of the molecule is C[C@H](C(=O)NCc1cccc(F)c1)C1CCN(C(=O)c2ccc3oc(-c4ccccc4)nc3c2)CC1. The fourth-order valence-corrected chi connectivity index (χ4v) is 4.76. The molecule has 1 aliphatic heterocycles. The molecule has 0 bridgehead atoms. The van der Waals surface area contributed by atoms with Gasteiger partial charge in [0.15, 0.2) is 5.58 Å². The van der Waals surface area contributed by atoms with Crippen LogP contribution in [-0.4, -0.2) is 34.8 Å². The lowest BCUT2D eigenvalue weighted by Gasteiger charge is -2.34. The van der Waals surface area contributed by atoms with Gasteiger partial charge in [-0.1, -0.05) is 37.3 Å². The number of amides is 2. The molecule has 1 aliphatic rings. The van der Waals surface area contributed by atoms with E-state index in [0.717, 1.165) is 24.0 Å². The Morgan fingerprint density at radius 3 is 2.58 bits per heavy atom. The number of likely N-dealkylation sites (tertiary alicyclic amines) is 1. The van der Waals surface area contributed by atoms with Crippen molar-refractivity contribution in [2.45, 2.75) is 26.3 Å². The fourth-order valence-electron chi connectivity index (χ4n) is 4.76. The van der Waals surface area contributed by atoms with E-state index in [2.05, 4.69) is 10.3 Å². The Morgan fingerprint density at radius 2 is 1.83 bits per heavy atom. The lowest BCUT2D eigenvalue weighted by atomic mass is 9.84. The summed E-state index contributed by atoms with van der Waals surface area (Å²) in [6.07, 6.45) is 1.51. The van der Waals surface area contributed by atoms with E-state index in [1.165, 1.54) is 12.1 Å². The van der Waals surface area contributed by atoms with E-state index in [1.807, 2.05) is 42.2 Å². The van der Waals surface area contributed by atoms with Crippen molar-refractivity contribution in [2.24, 2.45) is 11.8 Å². The number of rotatable bonds is 6. The van der Waals surface area contributed by atoms with E-state index in [4.69, 9.17) is 4.42 Å². The Balaban J connectivity index is 1.17. The fraction of sp³-hybridized carbons (Fsp3) is 0.276. The van der Waals surface area contributed by atoms with Crippen LogP contribution < -0.4 is 5.32 Å². The molecule has 3 aromatic carbocycles. The summed E-state index contributed by atoms with van der Waals surface area (Å²) >= 11 is 0. The van der Waals surface area contributed by atoms with E-state index < -0.39 is 0 Å². The highest BCUT2D eigenvalue weighted by Gasteiger charge is 2.30. The first-order valence-corrected chi connectivity index (χ1v) is 12.3. The second-order valence-electron chi connectivity index (χ2n) is 9.33. The molecule has 2 heterocycles. The van der Waals surface area contributed by atoms with Crippen molar-refractivity contribution in [3.05, 3.63) is 89.7 Å². The molecule has 1 saturated heterocycles. The molecule has 0 saturated carbocycles. The van der Waals surface area contributed by atoms with Crippen molar-refractivity contribution in [2.75, 3.05) is 13.1 Å². The Labute approximate surface area is 209 Å². The molecule has 184 valence electrons. The molecular formula is C29H28FN3O3. The average Bonchev–Trinajstić information content (AvgIpc) is 3.35. The number of benzene rings is 3. The molecule has 0 spiro atoms. The smallest absolute Gasteiger partial charge is 0.253 e. The van der Waals surface area contributed by atoms with Crippen molar-refractivity contribution in [3.63, 3.8) is 0 Å². The molecule has 4 aromatic rings. The summed E-state index contributed by atoms with van der Waals surface area (Å²) in [7, 11) is 0. The van der Waals surface area contributed by atoms with Crippen LogP contribution in [0.15, 0.2) is 77.2 Å². The van der Waals surface area contributed by atoms with E-state index >= 15 is 0 Å². The summed E-state index contributed by atoms with van der Waals surface area (Å²) in [5.74, 6) is 0.135. The number of halogens is 1. The van der Waals surface area contributed by atoms with Gasteiger partial charge in [0, 0.05) is 36.7 Å². The molecule has 36 heavy (non-hydrogen) atoms. The average molecular weight is 486 g/mol. The Kier molecular flexibility index (Phi) is 6.80. The number of piperidine rings is 1. The maximum absolute atomic E-state index is 13.4. The highest BCUT2D eigenvalue weighted by Crippen LogP contribution is 2.28. The van der Waals surface area contributed by atoms with Gasteiger partial charge in [0.1, 0.15) is 11.3 Å². The van der Waals surface area contributed by atoms with Crippen LogP contribution in [0.25, 0.3) is 22.6 Å². The van der Waals surface area contributed by atoms with Crippen LogP contribution >= 0.6 is 0 Å². The lowest BCUT2D eigenvalue weighted by Crippen LogP contribution is -2.42. The van der Waals surface area contributed by atoms with E-state index in [9.17, 15) is 14.0 Å². The number of aromatic nitrogens is 1. The molecule has 1 fully saturated rings. The largest absolute Gasteiger partial charge is 0.436 e. The highest BCUT2D eigenvalue weighted by molar-refractivity contribution is 5.97. The van der Waals surface area contributed by atoms with Gasteiger partial charge >= 0.3 is 0 Å². The number of carbonyl (C=O) groups excluding carboxylic acids is 2. The van der Waals surface area contributed by atoms with Crippen molar-refractivity contribution in [1.82, 2.24) is 15.2 Å². The van der Waals surface area contributed by atoms with Crippen molar-refractivity contribution in [3.8, 4) is 11.5 Å². The lowest BCUT2D eigenvalue weighted by molar-refractivity contribution is -0.126. The Bertz CT molecular complexity index is 1380. The predicted molar refractivity (Wildman–Crippen MR) is 135 cm³/mol. The van der Waals surface area contributed by atoms with Gasteiger partial charge < -0.3 is 14.6 Å². The molecule has 7 heteroatoms. The summed E-state index contributed by atoms with van der Waals surface area (Å²) in [5, 5.41) is 2.91. The van der Waals surface area contributed by atoms with E-state index in [1.54, 1.807) is 30.3 Å². The van der Waals surface area contributed by atoms with Crippen LogP contribution in [0.5, 0.6) is 0 Å². The molecule has 1 N–H and O–H groups in total. The predicted octanol–water partition coefficient (Wildman–Crippen LogP) is 5.44. The van der Waals surface area contributed by atoms with Gasteiger partial charge in [-0.15, -0.1) is 0 Å². The summed E-state index contributed by atoms with van der Waals surface area (Å²) in [4.78, 5) is 32.2. The van der Waals surface area contributed by atoms with Gasteiger partial charge in [-0.25, -0.2) is 9.37 Å². The van der Waals surface area contributed by atoms with Gasteiger partial charge in [0.05, 0.1) is 0 Å². The van der Waals surface area contributed by atoms with Crippen LogP contribution in [0, 0.1) is 17.7 Å². The molecule has 1 aromatic heterocycles. The normalized spacial score (nSPS) is 15.1. The number of hydrogen-bond acceptors (Lipinski definition) is 4. The standard InChI is InChI=1S/C29H28FN3O3/c1-19(27(34)31-18-20-6-5-9-24(30)16-20)21-12-14-33(15-13-21)29(35)23-10-11-26-25(17-23)32-28(36-26)22-7-3-2-4-8-22/h2-11,16-17,19,21H,12-15,18H2,1H3,(H,31,34)/t19-/m0/s1. The summed E-state index contributed by atoms with van der Waals surface area (Å²) in [6, 6.07) is 21.2. The molecule has 5 rings (SSSR count). The Morgan fingerprint density at radius 1 is 1.06 bits per heavy atom. The summed E-state index contributed by atoms with van der Waals surface area (Å²) in [5.41, 5.74) is 3.49. The van der Waals surface area contributed by atoms with Crippen LogP contribution in [0.3, 0.4) is 0 Å². The second kappa shape index (κ2) is 10.3. The third-order valence-electron chi connectivity index (χ3n) is 6.96. The first-order chi connectivity index (χ1) is 17.5. The van der Waals surface area contributed by atoms with Gasteiger partial charge in [0.2, 0.25) is 11.8 Å². The monoisotopic (exact) mass is 485 g/mol. The van der Waals surface area contributed by atoms with Gasteiger partial charge in [-0.05, 0) is 66.8 Å². The maximum atomic E-state index is 13.4. The molecule has 6 nitrogen and oxygen atoms in total. The zero-order valence-electron chi connectivity index (χ0n) is 20.1. The number of oxazole rings is 1. The number of hydrogen-bond donors (Lipinski definition) is 1. The third-order valence-corrected chi connectivity index (χ3v) is 6.96. The van der Waals surface area contributed by atoms with Crippen LogP contribution in [0.2, 0.25) is 0 Å². The van der Waals surface area contributed by atoms with E-state index in [0.29, 0.717) is 42.2 Å². The molecule has 0 radical (unpaired) electrons. The van der Waals surface area contributed by atoms with Crippen molar-refractivity contribution in [1.29, 1.82) is 0 Å². The van der Waals surface area contributed by atoms with Crippen molar-refractivity contribution >= 4 is 22.9 Å². The maximum Gasteiger partial charge on any atom is 0.253 e. The number of carbonyl (C=O) groups is 2. The van der Waals surface area contributed by atoms with Crippen LogP contribution in [-0.2, 0) is 11.3 Å². The van der Waals surface area contributed by atoms with E-state index in [-0.39, 0.29) is 29.5 Å². The molecule has 1 atom stereocenters. The quantitative estimate of drug-likeness (QED) is 0.395.